The number of carbonyl (C=O) groups excluding carboxylic acids is 2. The van der Waals surface area contributed by atoms with Crippen LogP contribution >= 0.6 is 0 Å². The summed E-state index contributed by atoms with van der Waals surface area (Å²) in [4.78, 5) is 26.4. The summed E-state index contributed by atoms with van der Waals surface area (Å²) in [6.45, 7) is 3.01. The van der Waals surface area contributed by atoms with Crippen molar-refractivity contribution >= 4 is 27.5 Å². The molecule has 1 aromatic rings. The van der Waals surface area contributed by atoms with Crippen LogP contribution in [0.4, 0.5) is 5.69 Å². The molecule has 9 heteroatoms. The fraction of sp³-hybridized carbons (Fsp3) is 0.600. The van der Waals surface area contributed by atoms with Gasteiger partial charge in [0.15, 0.2) is 6.10 Å². The molecule has 1 atom stereocenters. The Balaban J connectivity index is 1.43. The van der Waals surface area contributed by atoms with Crippen molar-refractivity contribution in [2.24, 2.45) is 5.92 Å². The van der Waals surface area contributed by atoms with Crippen LogP contribution in [-0.2, 0) is 19.6 Å². The zero-order valence-electron chi connectivity index (χ0n) is 16.6. The van der Waals surface area contributed by atoms with Gasteiger partial charge in [-0.1, -0.05) is 19.3 Å². The number of sulfonamides is 1. The minimum Gasteiger partial charge on any atom is -0.479 e. The molecule has 2 fully saturated rings. The molecule has 1 aliphatic carbocycles. The Bertz CT molecular complexity index is 903. The third-order valence-corrected chi connectivity index (χ3v) is 7.92. The number of anilines is 1. The summed E-state index contributed by atoms with van der Waals surface area (Å²) in [6.07, 6.45) is 4.67. The number of fused-ring (bicyclic) bond motifs is 1. The zero-order valence-corrected chi connectivity index (χ0v) is 17.4. The number of hydrogen-bond donors (Lipinski definition) is 1. The molecule has 1 saturated heterocycles. The highest BCUT2D eigenvalue weighted by atomic mass is 32.2. The highest BCUT2D eigenvalue weighted by Gasteiger charge is 2.34. The van der Waals surface area contributed by atoms with Crippen LogP contribution in [0.3, 0.4) is 0 Å². The van der Waals surface area contributed by atoms with Crippen molar-refractivity contribution in [3.8, 4) is 5.75 Å². The van der Waals surface area contributed by atoms with Crippen molar-refractivity contribution in [1.82, 2.24) is 9.21 Å². The van der Waals surface area contributed by atoms with Crippen molar-refractivity contribution in [1.29, 1.82) is 0 Å². The zero-order chi connectivity index (χ0) is 20.6. The van der Waals surface area contributed by atoms with Crippen LogP contribution in [0.25, 0.3) is 0 Å². The molecule has 2 heterocycles. The lowest BCUT2D eigenvalue weighted by Crippen LogP contribution is -2.52. The molecule has 0 unspecified atom stereocenters. The number of hydrogen-bond acceptors (Lipinski definition) is 5. The lowest BCUT2D eigenvalue weighted by molar-refractivity contribution is -0.137. The highest BCUT2D eigenvalue weighted by Crippen LogP contribution is 2.33. The number of ether oxygens (including phenoxy) is 1. The van der Waals surface area contributed by atoms with Gasteiger partial charge in [-0.25, -0.2) is 8.42 Å². The van der Waals surface area contributed by atoms with Crippen molar-refractivity contribution in [3.05, 3.63) is 18.2 Å². The average molecular weight is 422 g/mol. The molecule has 0 aromatic heterocycles. The molecule has 0 bridgehead atoms. The second kappa shape index (κ2) is 7.95. The maximum Gasteiger partial charge on any atom is 0.265 e. The van der Waals surface area contributed by atoms with E-state index in [-0.39, 0.29) is 35.7 Å². The molecule has 29 heavy (non-hydrogen) atoms. The first-order chi connectivity index (χ1) is 13.9. The second-order valence-electron chi connectivity index (χ2n) is 7.97. The quantitative estimate of drug-likeness (QED) is 0.803. The Morgan fingerprint density at radius 1 is 1.10 bits per heavy atom. The predicted octanol–water partition coefficient (Wildman–Crippen LogP) is 1.82. The van der Waals surface area contributed by atoms with E-state index < -0.39 is 16.1 Å². The van der Waals surface area contributed by atoms with E-state index in [1.807, 2.05) is 4.90 Å². The molecule has 1 saturated carbocycles. The number of nitrogens with zero attached hydrogens (tertiary/aromatic N) is 2. The summed E-state index contributed by atoms with van der Waals surface area (Å²) in [6, 6.07) is 4.51. The van der Waals surface area contributed by atoms with E-state index in [0.29, 0.717) is 24.5 Å². The fourth-order valence-electron chi connectivity index (χ4n) is 4.25. The number of benzene rings is 1. The molecule has 158 valence electrons. The van der Waals surface area contributed by atoms with Crippen LogP contribution in [0, 0.1) is 5.92 Å². The Morgan fingerprint density at radius 2 is 1.79 bits per heavy atom. The maximum atomic E-state index is 13.1. The molecule has 2 aliphatic heterocycles. The van der Waals surface area contributed by atoms with Gasteiger partial charge in [-0.3, -0.25) is 9.59 Å². The first-order valence-electron chi connectivity index (χ1n) is 10.3. The third-order valence-electron chi connectivity index (χ3n) is 6.02. The van der Waals surface area contributed by atoms with Gasteiger partial charge in [0.2, 0.25) is 15.9 Å². The maximum absolute atomic E-state index is 13.1. The molecule has 1 aromatic carbocycles. The van der Waals surface area contributed by atoms with Gasteiger partial charge in [0.05, 0.1) is 10.6 Å². The number of nitrogens with one attached hydrogen (secondary N) is 1. The SMILES string of the molecule is C[C@@H]1Oc2ccc(S(=O)(=O)N3CCN(C(=O)C4CCCCC4)CC3)cc2NC1=O. The van der Waals surface area contributed by atoms with Crippen molar-refractivity contribution in [2.45, 2.75) is 50.0 Å². The fourth-order valence-corrected chi connectivity index (χ4v) is 5.70. The lowest BCUT2D eigenvalue weighted by Gasteiger charge is -2.36. The number of carbonyl (C=O) groups is 2. The van der Waals surface area contributed by atoms with Gasteiger partial charge < -0.3 is 15.0 Å². The van der Waals surface area contributed by atoms with Crippen LogP contribution in [-0.4, -0.2) is 61.7 Å². The van der Waals surface area contributed by atoms with E-state index in [9.17, 15) is 18.0 Å². The molecular weight excluding hydrogens is 394 g/mol. The monoisotopic (exact) mass is 421 g/mol. The van der Waals surface area contributed by atoms with E-state index in [0.717, 1.165) is 25.7 Å². The number of rotatable bonds is 3. The third kappa shape index (κ3) is 3.98. The Kier molecular flexibility index (Phi) is 5.52. The summed E-state index contributed by atoms with van der Waals surface area (Å²) < 4.78 is 33.0. The first-order valence-corrected chi connectivity index (χ1v) is 11.7. The molecule has 4 rings (SSSR count). The molecule has 8 nitrogen and oxygen atoms in total. The molecular formula is C20H27N3O5S. The van der Waals surface area contributed by atoms with Crippen LogP contribution < -0.4 is 10.1 Å². The van der Waals surface area contributed by atoms with Gasteiger partial charge in [0, 0.05) is 32.1 Å². The predicted molar refractivity (Wildman–Crippen MR) is 107 cm³/mol. The van der Waals surface area contributed by atoms with E-state index in [4.69, 9.17) is 4.74 Å². The lowest BCUT2D eigenvalue weighted by atomic mass is 9.88. The van der Waals surface area contributed by atoms with Gasteiger partial charge in [-0.05, 0) is 38.0 Å². The van der Waals surface area contributed by atoms with Gasteiger partial charge >= 0.3 is 0 Å². The standard InChI is InChI=1S/C20H27N3O5S/c1-14-19(24)21-17-13-16(7-8-18(17)28-14)29(26,27)23-11-9-22(10-12-23)20(25)15-5-3-2-4-6-15/h7-8,13-15H,2-6,9-12H2,1H3,(H,21,24)/t14-/m0/s1. The van der Waals surface area contributed by atoms with Crippen molar-refractivity contribution in [3.63, 3.8) is 0 Å². The Labute approximate surface area is 171 Å². The van der Waals surface area contributed by atoms with Gasteiger partial charge in [-0.2, -0.15) is 4.31 Å². The van der Waals surface area contributed by atoms with Gasteiger partial charge in [-0.15, -0.1) is 0 Å². The highest BCUT2D eigenvalue weighted by molar-refractivity contribution is 7.89. The average Bonchev–Trinajstić information content (AvgIpc) is 2.74. The smallest absolute Gasteiger partial charge is 0.265 e. The Morgan fingerprint density at radius 3 is 2.48 bits per heavy atom. The van der Waals surface area contributed by atoms with Crippen LogP contribution in [0.5, 0.6) is 5.75 Å². The summed E-state index contributed by atoms with van der Waals surface area (Å²) >= 11 is 0. The molecule has 0 spiro atoms. The molecule has 1 N–H and O–H groups in total. The summed E-state index contributed by atoms with van der Waals surface area (Å²) in [7, 11) is -3.71. The van der Waals surface area contributed by atoms with E-state index in [1.54, 1.807) is 13.0 Å². The summed E-state index contributed by atoms with van der Waals surface area (Å²) in [5.41, 5.74) is 0.361. The minimum atomic E-state index is -3.71. The van der Waals surface area contributed by atoms with Gasteiger partial charge in [0.1, 0.15) is 5.75 Å². The van der Waals surface area contributed by atoms with Crippen molar-refractivity contribution in [2.75, 3.05) is 31.5 Å². The number of amides is 2. The van der Waals surface area contributed by atoms with E-state index >= 15 is 0 Å². The van der Waals surface area contributed by atoms with E-state index in [1.165, 1.54) is 22.9 Å². The normalized spacial score (nSPS) is 23.8. The van der Waals surface area contributed by atoms with Crippen LogP contribution in [0.15, 0.2) is 23.1 Å². The number of piperazine rings is 1. The van der Waals surface area contributed by atoms with E-state index in [2.05, 4.69) is 5.32 Å². The van der Waals surface area contributed by atoms with Crippen molar-refractivity contribution < 1.29 is 22.7 Å². The summed E-state index contributed by atoms with van der Waals surface area (Å²) in [5, 5.41) is 2.68. The summed E-state index contributed by atoms with van der Waals surface area (Å²) in [5.74, 6) is 0.420. The van der Waals surface area contributed by atoms with Crippen LogP contribution in [0.1, 0.15) is 39.0 Å². The minimum absolute atomic E-state index is 0.0959. The topological polar surface area (TPSA) is 96.0 Å². The Hall–Kier alpha value is -2.13. The first kappa shape index (κ1) is 20.2. The van der Waals surface area contributed by atoms with Gasteiger partial charge in [0.25, 0.3) is 5.91 Å². The van der Waals surface area contributed by atoms with Crippen LogP contribution in [0.2, 0.25) is 0 Å². The largest absolute Gasteiger partial charge is 0.479 e. The molecule has 2 amide bonds. The molecule has 3 aliphatic rings. The second-order valence-corrected chi connectivity index (χ2v) is 9.91. The molecule has 0 radical (unpaired) electrons.